The second-order valence-corrected chi connectivity index (χ2v) is 11.7. The summed E-state index contributed by atoms with van der Waals surface area (Å²) in [7, 11) is 0. The number of alkyl halides is 2. The molecular weight excluding hydrogens is 517 g/mol. The molecule has 0 bridgehead atoms. The van der Waals surface area contributed by atoms with Gasteiger partial charge in [0.05, 0.1) is 5.56 Å². The minimum absolute atomic E-state index is 0.214. The zero-order valence-electron chi connectivity index (χ0n) is 25.1. The van der Waals surface area contributed by atoms with Gasteiger partial charge >= 0.3 is 6.11 Å². The molecule has 0 radical (unpaired) electrons. The van der Waals surface area contributed by atoms with Gasteiger partial charge in [-0.15, -0.1) is 0 Å². The van der Waals surface area contributed by atoms with Crippen molar-refractivity contribution in [3.8, 4) is 28.0 Å². The Kier molecular flexibility index (Phi) is 11.8. The number of halogens is 3. The molecule has 0 N–H and O–H groups in total. The van der Waals surface area contributed by atoms with Crippen LogP contribution >= 0.6 is 0 Å². The Morgan fingerprint density at radius 1 is 0.585 bits per heavy atom. The fourth-order valence-corrected chi connectivity index (χ4v) is 5.91. The van der Waals surface area contributed by atoms with E-state index in [9.17, 15) is 0 Å². The third-order valence-electron chi connectivity index (χ3n) is 8.44. The lowest BCUT2D eigenvalue weighted by molar-refractivity contribution is -0.188. The summed E-state index contributed by atoms with van der Waals surface area (Å²) >= 11 is 0. The highest BCUT2D eigenvalue weighted by Crippen LogP contribution is 2.49. The Labute approximate surface area is 245 Å². The van der Waals surface area contributed by atoms with E-state index >= 15 is 13.2 Å². The van der Waals surface area contributed by atoms with Crippen molar-refractivity contribution in [1.82, 2.24) is 0 Å². The van der Waals surface area contributed by atoms with Gasteiger partial charge in [-0.05, 0) is 59.6 Å². The van der Waals surface area contributed by atoms with Crippen LogP contribution in [0.5, 0.6) is 5.75 Å². The Morgan fingerprint density at radius 2 is 1.12 bits per heavy atom. The highest BCUT2D eigenvalue weighted by Gasteiger charge is 2.43. The molecule has 1 aliphatic heterocycles. The van der Waals surface area contributed by atoms with Crippen LogP contribution in [0, 0.1) is 5.82 Å². The van der Waals surface area contributed by atoms with Gasteiger partial charge in [0.15, 0.2) is 11.6 Å². The van der Waals surface area contributed by atoms with Gasteiger partial charge in [-0.2, -0.15) is 8.78 Å². The number of benzene rings is 3. The van der Waals surface area contributed by atoms with Crippen LogP contribution in [0.15, 0.2) is 54.6 Å². The third kappa shape index (κ3) is 8.40. The van der Waals surface area contributed by atoms with E-state index < -0.39 is 11.9 Å². The van der Waals surface area contributed by atoms with Gasteiger partial charge in [0, 0.05) is 5.56 Å². The quantitative estimate of drug-likeness (QED) is 0.148. The Bertz CT molecular complexity index is 1230. The van der Waals surface area contributed by atoms with E-state index in [2.05, 4.69) is 26.0 Å². The monoisotopic (exact) mass is 564 g/mol. The lowest BCUT2D eigenvalue weighted by atomic mass is 9.90. The highest BCUT2D eigenvalue weighted by atomic mass is 19.3. The van der Waals surface area contributed by atoms with E-state index in [1.165, 1.54) is 82.3 Å². The number of unbranched alkanes of at least 4 members (excludes halogenated alkanes) is 12. The molecule has 1 aliphatic rings. The van der Waals surface area contributed by atoms with Gasteiger partial charge in [0.2, 0.25) is 0 Å². The minimum Gasteiger partial charge on any atom is -0.425 e. The summed E-state index contributed by atoms with van der Waals surface area (Å²) in [5.74, 6) is -0.985. The standard InChI is InChI=1S/C37H47F3O/c1-3-5-7-9-11-12-13-15-17-28-19-21-29(22-20-28)31-24-25-32-33-26-23-30(18-16-14-10-8-6-4-2)35(38)36(33)41-37(39,40)34(32)27-31/h19-27H,3-18H2,1-2H3. The van der Waals surface area contributed by atoms with E-state index in [1.807, 2.05) is 18.2 Å². The molecule has 0 fully saturated rings. The Morgan fingerprint density at radius 3 is 1.76 bits per heavy atom. The highest BCUT2D eigenvalue weighted by molar-refractivity contribution is 5.80. The molecule has 222 valence electrons. The van der Waals surface area contributed by atoms with Crippen molar-refractivity contribution in [2.45, 2.75) is 123 Å². The molecule has 4 heteroatoms. The van der Waals surface area contributed by atoms with Gasteiger partial charge < -0.3 is 4.74 Å². The second kappa shape index (κ2) is 15.5. The summed E-state index contributed by atoms with van der Waals surface area (Å²) in [5, 5.41) is 0. The fraction of sp³-hybridized carbons (Fsp3) is 0.514. The van der Waals surface area contributed by atoms with Gasteiger partial charge in [0.25, 0.3) is 0 Å². The zero-order chi connectivity index (χ0) is 29.1. The molecule has 1 nitrogen and oxygen atoms in total. The van der Waals surface area contributed by atoms with E-state index in [-0.39, 0.29) is 11.3 Å². The smallest absolute Gasteiger partial charge is 0.425 e. The van der Waals surface area contributed by atoms with Crippen molar-refractivity contribution in [1.29, 1.82) is 0 Å². The van der Waals surface area contributed by atoms with Crippen LogP contribution in [-0.2, 0) is 19.0 Å². The van der Waals surface area contributed by atoms with Gasteiger partial charge in [-0.25, -0.2) is 4.39 Å². The summed E-state index contributed by atoms with van der Waals surface area (Å²) in [6.07, 6.45) is 14.9. The van der Waals surface area contributed by atoms with Crippen molar-refractivity contribution in [2.75, 3.05) is 0 Å². The first kappa shape index (κ1) is 31.2. The second-order valence-electron chi connectivity index (χ2n) is 11.7. The summed E-state index contributed by atoms with van der Waals surface area (Å²) < 4.78 is 51.0. The maximum absolute atomic E-state index is 15.3. The van der Waals surface area contributed by atoms with E-state index in [1.54, 1.807) is 18.2 Å². The number of rotatable bonds is 17. The van der Waals surface area contributed by atoms with Gasteiger partial charge in [0.1, 0.15) is 0 Å². The van der Waals surface area contributed by atoms with Crippen molar-refractivity contribution in [2.24, 2.45) is 0 Å². The molecule has 0 amide bonds. The molecule has 3 aromatic rings. The van der Waals surface area contributed by atoms with Crippen molar-refractivity contribution >= 4 is 0 Å². The topological polar surface area (TPSA) is 9.23 Å². The molecular formula is C37H47F3O. The normalized spacial score (nSPS) is 13.5. The number of fused-ring (bicyclic) bond motifs is 3. The van der Waals surface area contributed by atoms with Crippen molar-refractivity contribution in [3.05, 3.63) is 77.1 Å². The molecule has 0 unspecified atom stereocenters. The first-order valence-electron chi connectivity index (χ1n) is 16.1. The lowest BCUT2D eigenvalue weighted by Gasteiger charge is -2.29. The van der Waals surface area contributed by atoms with Crippen LogP contribution in [0.4, 0.5) is 13.2 Å². The van der Waals surface area contributed by atoms with Gasteiger partial charge in [-0.3, -0.25) is 0 Å². The molecule has 4 rings (SSSR count). The summed E-state index contributed by atoms with van der Waals surface area (Å²) in [6.45, 7) is 4.42. The molecule has 0 aliphatic carbocycles. The average molecular weight is 565 g/mol. The van der Waals surface area contributed by atoms with Crippen molar-refractivity contribution < 1.29 is 17.9 Å². The van der Waals surface area contributed by atoms with Crippen LogP contribution in [0.2, 0.25) is 0 Å². The molecule has 1 heterocycles. The number of hydrogen-bond donors (Lipinski definition) is 0. The number of hydrogen-bond acceptors (Lipinski definition) is 1. The molecule has 0 saturated heterocycles. The largest absolute Gasteiger partial charge is 0.427 e. The average Bonchev–Trinajstić information content (AvgIpc) is 2.98. The minimum atomic E-state index is -3.60. The first-order chi connectivity index (χ1) is 19.9. The van der Waals surface area contributed by atoms with Gasteiger partial charge in [-0.1, -0.05) is 139 Å². The zero-order valence-corrected chi connectivity index (χ0v) is 25.1. The molecule has 0 saturated carbocycles. The summed E-state index contributed by atoms with van der Waals surface area (Å²) in [5.41, 5.74) is 3.81. The molecule has 0 atom stereocenters. The van der Waals surface area contributed by atoms with E-state index in [0.29, 0.717) is 28.7 Å². The third-order valence-corrected chi connectivity index (χ3v) is 8.44. The van der Waals surface area contributed by atoms with Crippen molar-refractivity contribution in [3.63, 3.8) is 0 Å². The molecule has 41 heavy (non-hydrogen) atoms. The van der Waals surface area contributed by atoms with Crippen LogP contribution < -0.4 is 4.74 Å². The number of aryl methyl sites for hydroxylation is 2. The SMILES string of the molecule is CCCCCCCCCCc1ccc(-c2ccc3c(c2)C(F)(F)Oc2c-3ccc(CCCCCCCC)c2F)cc1. The maximum Gasteiger partial charge on any atom is 0.427 e. The fourth-order valence-electron chi connectivity index (χ4n) is 5.91. The number of ether oxygens (including phenoxy) is 1. The predicted octanol–water partition coefficient (Wildman–Crippen LogP) is 12.2. The molecule has 3 aromatic carbocycles. The lowest BCUT2D eigenvalue weighted by Crippen LogP contribution is -2.27. The van der Waals surface area contributed by atoms with Crippen LogP contribution in [0.1, 0.15) is 120 Å². The maximum atomic E-state index is 15.3. The molecule has 0 aromatic heterocycles. The Hall–Kier alpha value is -2.75. The van der Waals surface area contributed by atoms with E-state index in [0.717, 1.165) is 31.2 Å². The van der Waals surface area contributed by atoms with Crippen LogP contribution in [0.3, 0.4) is 0 Å². The van der Waals surface area contributed by atoms with Crippen LogP contribution in [0.25, 0.3) is 22.3 Å². The summed E-state index contributed by atoms with van der Waals surface area (Å²) in [6, 6.07) is 16.7. The molecule has 0 spiro atoms. The predicted molar refractivity (Wildman–Crippen MR) is 165 cm³/mol. The van der Waals surface area contributed by atoms with E-state index in [4.69, 9.17) is 4.74 Å². The van der Waals surface area contributed by atoms with Crippen LogP contribution in [-0.4, -0.2) is 0 Å². The Balaban J connectivity index is 1.40. The first-order valence-corrected chi connectivity index (χ1v) is 16.1. The summed E-state index contributed by atoms with van der Waals surface area (Å²) in [4.78, 5) is 0.